The first kappa shape index (κ1) is 83.6. The summed E-state index contributed by atoms with van der Waals surface area (Å²) in [6.45, 7) is 48.7. The normalized spacial score (nSPS) is 13.3. The Morgan fingerprint density at radius 3 is 0.910 bits per heavy atom. The molecule has 0 heteroatoms. The smallest absolute Gasteiger partial charge is 0.0152 e. The second-order valence-corrected chi connectivity index (χ2v) is 30.8. The molecule has 2 aliphatic rings. The molecule has 0 bridgehead atoms. The van der Waals surface area contributed by atoms with Crippen molar-refractivity contribution >= 4 is 0 Å². The first-order chi connectivity index (χ1) is 47.9. The van der Waals surface area contributed by atoms with Crippen molar-refractivity contribution < 1.29 is 0 Å². The van der Waals surface area contributed by atoms with Crippen LogP contribution < -0.4 is 0 Å². The number of unbranched alkanes of at least 4 members (excludes halogenated alkanes) is 2. The SMILES string of the molecule is CCCCC(CC)Cc1cc(C)c(CC(CC)CCCC)cc1C.Cc1cc(-c2ccccc2)c(C)cc1-c1ccccc1.Cc1cc(C)c(C)cc1C.Cc1cc(C)cc(C)c1.Cc1cc(C2CCCCC2)c(C)cc1C1CCCCC1.Cc1cccc(C)c1.Cc1cccc(C)c1C. The van der Waals surface area contributed by atoms with Crippen LogP contribution in [-0.4, -0.2) is 0 Å². The third-order valence-electron chi connectivity index (χ3n) is 21.9. The summed E-state index contributed by atoms with van der Waals surface area (Å²) in [6.07, 6.45) is 27.7. The van der Waals surface area contributed by atoms with Gasteiger partial charge in [-0.25, -0.2) is 0 Å². The standard InChI is InChI=1S/C24H42.C20H30.C20H18.C10H14.2C9H12.C8H10/c1-7-11-13-21(9-3)17-23-15-20(6)24(16-19(23)5)18-22(10-4)14-12-8-2;2*1-15-13-20(18-11-7-4-8-12-18)16(2)14-19(15)17-9-5-3-6-10-17;1-7-5-9(3)10(4)6-8(7)2;1-7-4-8(2)6-9(3)5-7;1-7-5-4-6-8(2)9(7)3;1-7-4-3-5-8(2)6-7/h15-16,21-22H,7-14,17-18H2,1-6H3;13-14,17-18H,3-12H2,1-2H3;3-14H,1-2H3;5-6H,1-4H3;2*4-6H,1-3H3;3-6H,1-2H3. The number of benzene rings is 9. The van der Waals surface area contributed by atoms with E-state index in [0.29, 0.717) is 0 Å². The van der Waals surface area contributed by atoms with Crippen molar-refractivity contribution in [1.29, 1.82) is 0 Å². The molecule has 9 aromatic rings. The molecule has 2 saturated carbocycles. The van der Waals surface area contributed by atoms with Crippen LogP contribution in [-0.2, 0) is 12.8 Å². The van der Waals surface area contributed by atoms with E-state index < -0.39 is 0 Å². The molecule has 0 aromatic heterocycles. The number of hydrogen-bond acceptors (Lipinski definition) is 0. The van der Waals surface area contributed by atoms with E-state index in [4.69, 9.17) is 0 Å². The molecular weight excluding hydrogens is 1200 g/mol. The zero-order chi connectivity index (χ0) is 73.3. The second kappa shape index (κ2) is 44.4. The quantitative estimate of drug-likeness (QED) is 0.0904. The summed E-state index contributed by atoms with van der Waals surface area (Å²) in [5, 5.41) is 0. The lowest BCUT2D eigenvalue weighted by Gasteiger charge is -2.28. The van der Waals surface area contributed by atoms with Gasteiger partial charge in [0.1, 0.15) is 0 Å². The number of aryl methyl sites for hydroxylation is 17. The van der Waals surface area contributed by atoms with E-state index in [1.54, 1.807) is 33.4 Å². The topological polar surface area (TPSA) is 0 Å². The fourth-order valence-corrected chi connectivity index (χ4v) is 15.1. The molecule has 2 atom stereocenters. The lowest BCUT2D eigenvalue weighted by molar-refractivity contribution is 0.437. The molecule has 2 unspecified atom stereocenters. The molecule has 0 saturated heterocycles. The largest absolute Gasteiger partial charge is 0.0654 e. The predicted molar refractivity (Wildman–Crippen MR) is 447 cm³/mol. The Morgan fingerprint density at radius 1 is 0.280 bits per heavy atom. The van der Waals surface area contributed by atoms with Crippen molar-refractivity contribution in [3.63, 3.8) is 0 Å². The van der Waals surface area contributed by atoms with Crippen LogP contribution in [0.1, 0.15) is 278 Å². The predicted octanol–water partition coefficient (Wildman–Crippen LogP) is 30.3. The average molecular weight is 1340 g/mol. The van der Waals surface area contributed by atoms with Crippen LogP contribution in [0.15, 0.2) is 170 Å². The van der Waals surface area contributed by atoms with Gasteiger partial charge in [-0.15, -0.1) is 0 Å². The van der Waals surface area contributed by atoms with Gasteiger partial charge in [-0.3, -0.25) is 0 Å². The summed E-state index contributed by atoms with van der Waals surface area (Å²) >= 11 is 0. The fraction of sp³-hybridized carbons (Fsp3) is 0.460. The Hall–Kier alpha value is -7.02. The van der Waals surface area contributed by atoms with Crippen LogP contribution >= 0.6 is 0 Å². The lowest BCUT2D eigenvalue weighted by atomic mass is 9.77. The van der Waals surface area contributed by atoms with Gasteiger partial charge in [-0.05, 0) is 304 Å². The Labute approximate surface area is 615 Å². The molecule has 538 valence electrons. The molecule has 2 fully saturated rings. The van der Waals surface area contributed by atoms with Gasteiger partial charge >= 0.3 is 0 Å². The number of rotatable bonds is 16. The first-order valence-electron chi connectivity index (χ1n) is 39.4. The van der Waals surface area contributed by atoms with Crippen LogP contribution in [0.4, 0.5) is 0 Å². The fourth-order valence-electron chi connectivity index (χ4n) is 15.1. The van der Waals surface area contributed by atoms with E-state index in [2.05, 4.69) is 322 Å². The third-order valence-corrected chi connectivity index (χ3v) is 21.9. The Bertz CT molecular complexity index is 3530. The maximum atomic E-state index is 2.55. The third kappa shape index (κ3) is 28.4. The summed E-state index contributed by atoms with van der Waals surface area (Å²) in [7, 11) is 0. The van der Waals surface area contributed by atoms with Crippen LogP contribution in [0.3, 0.4) is 0 Å². The maximum absolute atomic E-state index is 2.55. The molecule has 0 spiro atoms. The zero-order valence-electron chi connectivity index (χ0n) is 67.6. The molecule has 0 aliphatic heterocycles. The van der Waals surface area contributed by atoms with Gasteiger partial charge in [0.05, 0.1) is 0 Å². The van der Waals surface area contributed by atoms with Crippen molar-refractivity contribution in [2.45, 2.75) is 293 Å². The van der Waals surface area contributed by atoms with Gasteiger partial charge in [0.25, 0.3) is 0 Å². The summed E-state index contributed by atoms with van der Waals surface area (Å²) < 4.78 is 0. The van der Waals surface area contributed by atoms with Crippen molar-refractivity contribution in [1.82, 2.24) is 0 Å². The molecule has 0 amide bonds. The average Bonchev–Trinajstić information content (AvgIpc) is 0.835. The maximum Gasteiger partial charge on any atom is -0.0152 e. The molecule has 0 N–H and O–H groups in total. The van der Waals surface area contributed by atoms with E-state index >= 15 is 0 Å². The van der Waals surface area contributed by atoms with E-state index in [1.165, 1.54) is 240 Å². The molecule has 2 aliphatic carbocycles. The van der Waals surface area contributed by atoms with Gasteiger partial charge in [0, 0.05) is 0 Å². The summed E-state index contributed by atoms with van der Waals surface area (Å²) in [5.41, 5.74) is 37.1. The minimum absolute atomic E-state index is 0.850. The van der Waals surface area contributed by atoms with Gasteiger partial charge in [-0.1, -0.05) is 315 Å². The van der Waals surface area contributed by atoms with Gasteiger partial charge in [0.2, 0.25) is 0 Å². The summed E-state index contributed by atoms with van der Waals surface area (Å²) in [5.74, 6) is 3.43. The van der Waals surface area contributed by atoms with Crippen LogP contribution in [0.25, 0.3) is 22.3 Å². The van der Waals surface area contributed by atoms with E-state index in [1.807, 2.05) is 0 Å². The minimum atomic E-state index is 0.850. The monoisotopic (exact) mass is 1340 g/mol. The van der Waals surface area contributed by atoms with Crippen molar-refractivity contribution in [2.24, 2.45) is 11.8 Å². The molecule has 0 radical (unpaired) electrons. The second-order valence-electron chi connectivity index (χ2n) is 30.8. The van der Waals surface area contributed by atoms with Crippen molar-refractivity contribution in [3.05, 3.63) is 292 Å². The van der Waals surface area contributed by atoms with Gasteiger partial charge < -0.3 is 0 Å². The molecule has 9 aromatic carbocycles. The highest BCUT2D eigenvalue weighted by atomic mass is 14.3. The molecule has 100 heavy (non-hydrogen) atoms. The highest BCUT2D eigenvalue weighted by molar-refractivity contribution is 5.76. The zero-order valence-corrected chi connectivity index (χ0v) is 67.6. The van der Waals surface area contributed by atoms with Crippen LogP contribution in [0, 0.1) is 136 Å². The van der Waals surface area contributed by atoms with E-state index in [-0.39, 0.29) is 0 Å². The Balaban J connectivity index is 0.000000219. The summed E-state index contributed by atoms with van der Waals surface area (Å²) in [4.78, 5) is 0. The van der Waals surface area contributed by atoms with Gasteiger partial charge in [0.15, 0.2) is 0 Å². The van der Waals surface area contributed by atoms with Crippen molar-refractivity contribution in [3.8, 4) is 22.3 Å². The van der Waals surface area contributed by atoms with Crippen LogP contribution in [0.2, 0.25) is 0 Å². The molecule has 0 heterocycles. The minimum Gasteiger partial charge on any atom is -0.0654 e. The van der Waals surface area contributed by atoms with Gasteiger partial charge in [-0.2, -0.15) is 0 Å². The molecular formula is C100H138. The lowest BCUT2D eigenvalue weighted by Crippen LogP contribution is -2.10. The molecule has 11 rings (SSSR count). The van der Waals surface area contributed by atoms with Crippen molar-refractivity contribution in [2.75, 3.05) is 0 Å². The number of hydrogen-bond donors (Lipinski definition) is 0. The Kier molecular flexibility index (Phi) is 37.1. The highest BCUT2D eigenvalue weighted by Gasteiger charge is 2.22. The van der Waals surface area contributed by atoms with E-state index in [9.17, 15) is 0 Å². The first-order valence-corrected chi connectivity index (χ1v) is 39.4. The summed E-state index contributed by atoms with van der Waals surface area (Å²) in [6, 6.07) is 61.8. The highest BCUT2D eigenvalue weighted by Crippen LogP contribution is 2.40. The Morgan fingerprint density at radius 2 is 0.610 bits per heavy atom. The van der Waals surface area contributed by atoms with Crippen LogP contribution in [0.5, 0.6) is 0 Å². The van der Waals surface area contributed by atoms with E-state index in [0.717, 1.165) is 23.7 Å². The molecule has 0 nitrogen and oxygen atoms in total.